The molecule has 0 aliphatic heterocycles. The van der Waals surface area contributed by atoms with E-state index in [0.717, 1.165) is 38.5 Å². The van der Waals surface area contributed by atoms with Crippen molar-refractivity contribution < 1.29 is 29.2 Å². The summed E-state index contributed by atoms with van der Waals surface area (Å²) in [6.07, 6.45) is 11.4. The fraction of sp³-hybridized carbons (Fsp3) is 0.652. The van der Waals surface area contributed by atoms with Gasteiger partial charge in [-0.25, -0.2) is 0 Å². The number of aliphatic hydroxyl groups is 2. The van der Waals surface area contributed by atoms with E-state index in [9.17, 15) is 0 Å². The normalized spacial score (nSPS) is 12.3. The summed E-state index contributed by atoms with van der Waals surface area (Å²) in [6, 6.07) is 0. The molecule has 0 spiro atoms. The van der Waals surface area contributed by atoms with Crippen LogP contribution in [0, 0.1) is 0 Å². The highest BCUT2D eigenvalue weighted by Crippen LogP contribution is 2.01. The van der Waals surface area contributed by atoms with E-state index in [-0.39, 0.29) is 24.9 Å². The van der Waals surface area contributed by atoms with Gasteiger partial charge in [-0.3, -0.25) is 0 Å². The van der Waals surface area contributed by atoms with E-state index in [1.54, 1.807) is 6.92 Å². The van der Waals surface area contributed by atoms with Crippen molar-refractivity contribution in [2.75, 3.05) is 19.8 Å². The first kappa shape index (κ1) is 31.8. The summed E-state index contributed by atoms with van der Waals surface area (Å²) in [4.78, 5) is 0. The molecular weight excluding hydrogens is 372 g/mol. The van der Waals surface area contributed by atoms with Crippen LogP contribution in [0.5, 0.6) is 0 Å². The highest BCUT2D eigenvalue weighted by atomic mass is 16.5. The summed E-state index contributed by atoms with van der Waals surface area (Å²) in [7, 11) is 0. The van der Waals surface area contributed by atoms with Crippen molar-refractivity contribution in [3.05, 3.63) is 51.4 Å². The van der Waals surface area contributed by atoms with Crippen LogP contribution in [0.15, 0.2) is 51.4 Å². The second-order valence-corrected chi connectivity index (χ2v) is 6.30. The van der Waals surface area contributed by atoms with Crippen LogP contribution in [0.3, 0.4) is 0 Å². The first-order valence-corrected chi connectivity index (χ1v) is 10.2. The first-order chi connectivity index (χ1) is 13.9. The second kappa shape index (κ2) is 28.3. The minimum Gasteiger partial charge on any atom is -0.502 e. The largest absolute Gasteiger partial charge is 0.502 e. The molecule has 0 aromatic carbocycles. The lowest BCUT2D eigenvalue weighted by Gasteiger charge is -2.09. The molecule has 0 saturated carbocycles. The maximum atomic E-state index is 8.77. The molecule has 29 heavy (non-hydrogen) atoms. The molecule has 0 heterocycles. The summed E-state index contributed by atoms with van der Waals surface area (Å²) >= 11 is 0. The summed E-state index contributed by atoms with van der Waals surface area (Å²) in [5.41, 5.74) is 0. The molecular formula is C23H44O6. The van der Waals surface area contributed by atoms with Gasteiger partial charge in [-0.2, -0.15) is 0 Å². The van der Waals surface area contributed by atoms with Crippen LogP contribution >= 0.6 is 0 Å². The number of hydrogen-bond acceptors (Lipinski definition) is 6. The standard InChI is InChI=1S/C9H16O2.2C7H14O2/c1-4-10-8-6-7-9(3)11-5-2;1-3-9-6-4-5-7(2)8;1-3-9-7(2)5-4-6-8/h4-5,9H,1-2,6-8H2,3H3;2*3,7-8H,1,4-6H2,2H3. The van der Waals surface area contributed by atoms with Crippen molar-refractivity contribution in [2.24, 2.45) is 0 Å². The third kappa shape index (κ3) is 37.5. The van der Waals surface area contributed by atoms with Gasteiger partial charge >= 0.3 is 0 Å². The minimum atomic E-state index is -0.210. The van der Waals surface area contributed by atoms with Crippen molar-refractivity contribution in [1.29, 1.82) is 0 Å². The topological polar surface area (TPSA) is 77.4 Å². The van der Waals surface area contributed by atoms with Gasteiger partial charge in [-0.05, 0) is 59.3 Å². The average molecular weight is 417 g/mol. The molecule has 6 nitrogen and oxygen atoms in total. The van der Waals surface area contributed by atoms with Crippen LogP contribution in [0.2, 0.25) is 0 Å². The molecule has 0 bridgehead atoms. The fourth-order valence-corrected chi connectivity index (χ4v) is 1.93. The quantitative estimate of drug-likeness (QED) is 0.254. The number of rotatable bonds is 17. The van der Waals surface area contributed by atoms with Gasteiger partial charge in [0, 0.05) is 6.61 Å². The van der Waals surface area contributed by atoms with E-state index in [0.29, 0.717) is 13.2 Å². The molecule has 0 aromatic rings. The van der Waals surface area contributed by atoms with Gasteiger partial charge in [0.2, 0.25) is 0 Å². The molecule has 0 rings (SSSR count). The third-order valence-electron chi connectivity index (χ3n) is 3.42. The van der Waals surface area contributed by atoms with E-state index >= 15 is 0 Å². The van der Waals surface area contributed by atoms with Crippen LogP contribution in [-0.2, 0) is 18.9 Å². The van der Waals surface area contributed by atoms with E-state index < -0.39 is 0 Å². The van der Waals surface area contributed by atoms with E-state index in [1.807, 2.05) is 13.8 Å². The smallest absolute Gasteiger partial charge is 0.0951 e. The summed E-state index contributed by atoms with van der Waals surface area (Å²) < 4.78 is 19.9. The van der Waals surface area contributed by atoms with Crippen molar-refractivity contribution in [3.8, 4) is 0 Å². The van der Waals surface area contributed by atoms with Gasteiger partial charge in [-0.1, -0.05) is 26.3 Å². The minimum absolute atomic E-state index is 0.189. The van der Waals surface area contributed by atoms with Gasteiger partial charge in [0.1, 0.15) is 0 Å². The molecule has 0 fully saturated rings. The molecule has 0 saturated heterocycles. The molecule has 6 heteroatoms. The molecule has 3 unspecified atom stereocenters. The zero-order chi connectivity index (χ0) is 22.8. The zero-order valence-corrected chi connectivity index (χ0v) is 18.8. The Labute approximate surface area is 178 Å². The van der Waals surface area contributed by atoms with Gasteiger partial charge in [0.05, 0.1) is 56.6 Å². The lowest BCUT2D eigenvalue weighted by atomic mass is 10.2. The molecule has 0 aliphatic rings. The first-order valence-electron chi connectivity index (χ1n) is 10.2. The van der Waals surface area contributed by atoms with Crippen molar-refractivity contribution in [2.45, 2.75) is 77.6 Å². The number of hydrogen-bond donors (Lipinski definition) is 2. The molecule has 0 amide bonds. The highest BCUT2D eigenvalue weighted by Gasteiger charge is 1.98. The van der Waals surface area contributed by atoms with E-state index in [4.69, 9.17) is 29.2 Å². The van der Waals surface area contributed by atoms with E-state index in [1.165, 1.54) is 25.0 Å². The Morgan fingerprint density at radius 3 is 1.45 bits per heavy atom. The lowest BCUT2D eigenvalue weighted by molar-refractivity contribution is 0.138. The molecule has 2 N–H and O–H groups in total. The Bertz CT molecular complexity index is 357. The molecule has 172 valence electrons. The molecule has 3 atom stereocenters. The number of ether oxygens (including phenoxy) is 4. The predicted octanol–water partition coefficient (Wildman–Crippen LogP) is 5.09. The summed E-state index contributed by atoms with van der Waals surface area (Å²) in [6.45, 7) is 21.1. The Balaban J connectivity index is -0.000000352. The van der Waals surface area contributed by atoms with Crippen LogP contribution < -0.4 is 0 Å². The molecule has 0 aliphatic carbocycles. The Hall–Kier alpha value is -1.92. The molecule has 0 aromatic heterocycles. The Morgan fingerprint density at radius 1 is 0.690 bits per heavy atom. The maximum Gasteiger partial charge on any atom is 0.0951 e. The van der Waals surface area contributed by atoms with Gasteiger partial charge in [0.15, 0.2) is 0 Å². The SMILES string of the molecule is C=COC(C)CCCO.C=COCCCC(C)O.C=COCCCC(C)OC=C. The van der Waals surface area contributed by atoms with Crippen LogP contribution in [0.4, 0.5) is 0 Å². The van der Waals surface area contributed by atoms with Crippen LogP contribution in [0.25, 0.3) is 0 Å². The second-order valence-electron chi connectivity index (χ2n) is 6.30. The maximum absolute atomic E-state index is 8.77. The van der Waals surface area contributed by atoms with Gasteiger partial charge in [0.25, 0.3) is 0 Å². The van der Waals surface area contributed by atoms with Crippen molar-refractivity contribution in [1.82, 2.24) is 0 Å². The van der Waals surface area contributed by atoms with Crippen LogP contribution in [0.1, 0.15) is 59.3 Å². The van der Waals surface area contributed by atoms with Crippen molar-refractivity contribution >= 4 is 0 Å². The fourth-order valence-electron chi connectivity index (χ4n) is 1.93. The average Bonchev–Trinajstić information content (AvgIpc) is 2.68. The predicted molar refractivity (Wildman–Crippen MR) is 120 cm³/mol. The monoisotopic (exact) mass is 416 g/mol. The molecule has 0 radical (unpaired) electrons. The highest BCUT2D eigenvalue weighted by molar-refractivity contribution is 4.58. The number of aliphatic hydroxyl groups excluding tert-OH is 2. The van der Waals surface area contributed by atoms with Crippen LogP contribution in [-0.4, -0.2) is 48.3 Å². The Morgan fingerprint density at radius 2 is 1.10 bits per heavy atom. The van der Waals surface area contributed by atoms with E-state index in [2.05, 4.69) is 26.3 Å². The summed E-state index contributed by atoms with van der Waals surface area (Å²) in [5.74, 6) is 0. The Kier molecular flexibility index (Phi) is 31.0. The zero-order valence-electron chi connectivity index (χ0n) is 18.8. The van der Waals surface area contributed by atoms with Gasteiger partial charge < -0.3 is 29.2 Å². The lowest BCUT2D eigenvalue weighted by Crippen LogP contribution is -2.04. The third-order valence-corrected chi connectivity index (χ3v) is 3.42. The van der Waals surface area contributed by atoms with Crippen molar-refractivity contribution in [3.63, 3.8) is 0 Å². The summed E-state index contributed by atoms with van der Waals surface area (Å²) in [5, 5.41) is 17.2. The van der Waals surface area contributed by atoms with Gasteiger partial charge in [-0.15, -0.1) is 0 Å².